The fraction of sp³-hybridized carbons (Fsp3) is 0.240. The Labute approximate surface area is 170 Å². The zero-order valence-corrected chi connectivity index (χ0v) is 16.5. The van der Waals surface area contributed by atoms with Crippen LogP contribution in [0.1, 0.15) is 51.6 Å². The number of aromatic nitrogens is 1. The van der Waals surface area contributed by atoms with Crippen LogP contribution < -0.4 is 5.32 Å². The van der Waals surface area contributed by atoms with E-state index >= 15 is 0 Å². The smallest absolute Gasteiger partial charge is 0.268 e. The number of nitrogens with one attached hydrogen (secondary N) is 1. The molecule has 4 nitrogen and oxygen atoms in total. The lowest BCUT2D eigenvalue weighted by Gasteiger charge is -2.26. The quantitative estimate of drug-likeness (QED) is 0.512. The van der Waals surface area contributed by atoms with Crippen molar-refractivity contribution in [2.24, 2.45) is 0 Å². The molecule has 2 aromatic heterocycles. The zero-order chi connectivity index (χ0) is 19.8. The second-order valence-corrected chi connectivity index (χ2v) is 7.83. The molecule has 29 heavy (non-hydrogen) atoms. The summed E-state index contributed by atoms with van der Waals surface area (Å²) in [6, 6.07) is 20.6. The predicted molar refractivity (Wildman–Crippen MR) is 114 cm³/mol. The summed E-state index contributed by atoms with van der Waals surface area (Å²) in [6.07, 6.45) is 4.82. The normalized spacial score (nSPS) is 16.0. The van der Waals surface area contributed by atoms with Crippen LogP contribution in [0.2, 0.25) is 0 Å². The maximum absolute atomic E-state index is 13.3. The molecule has 1 N–H and O–H groups in total. The fourth-order valence-electron chi connectivity index (χ4n) is 4.43. The Kier molecular flexibility index (Phi) is 4.47. The molecule has 5 rings (SSSR count). The van der Waals surface area contributed by atoms with Crippen molar-refractivity contribution in [1.29, 1.82) is 0 Å². The topological polar surface area (TPSA) is 47.2 Å². The summed E-state index contributed by atoms with van der Waals surface area (Å²) in [4.78, 5) is 13.3. The highest BCUT2D eigenvalue weighted by atomic mass is 16.3. The Balaban J connectivity index is 1.48. The highest BCUT2D eigenvalue weighted by Crippen LogP contribution is 2.30. The van der Waals surface area contributed by atoms with Gasteiger partial charge in [-0.2, -0.15) is 0 Å². The van der Waals surface area contributed by atoms with Gasteiger partial charge in [0.1, 0.15) is 5.69 Å². The number of nitrogens with zero attached hydrogens (tertiary/aromatic N) is 1. The Hall–Kier alpha value is -3.27. The predicted octanol–water partition coefficient (Wildman–Crippen LogP) is 5.40. The third kappa shape index (κ3) is 3.25. The first-order valence-electron chi connectivity index (χ1n) is 10.2. The molecule has 1 atom stereocenters. The summed E-state index contributed by atoms with van der Waals surface area (Å²) in [5.74, 6) is -0.0494. The third-order valence-corrected chi connectivity index (χ3v) is 6.02. The van der Waals surface area contributed by atoms with Crippen molar-refractivity contribution in [2.45, 2.75) is 38.8 Å². The number of carbonyl (C=O) groups excluding carboxylic acids is 1. The second kappa shape index (κ2) is 7.28. The lowest BCUT2D eigenvalue weighted by atomic mass is 9.87. The van der Waals surface area contributed by atoms with Gasteiger partial charge in [0.15, 0.2) is 5.58 Å². The molecule has 1 aliphatic carbocycles. The molecule has 0 saturated carbocycles. The number of hydrogen-bond donors (Lipinski definition) is 1. The van der Waals surface area contributed by atoms with Gasteiger partial charge in [0.2, 0.25) is 0 Å². The van der Waals surface area contributed by atoms with Gasteiger partial charge in [-0.1, -0.05) is 48.5 Å². The molecule has 0 bridgehead atoms. The van der Waals surface area contributed by atoms with Crippen molar-refractivity contribution in [2.75, 3.05) is 0 Å². The molecule has 0 aliphatic heterocycles. The van der Waals surface area contributed by atoms with Crippen LogP contribution >= 0.6 is 0 Å². The number of fused-ring (bicyclic) bond motifs is 2. The van der Waals surface area contributed by atoms with E-state index in [-0.39, 0.29) is 11.9 Å². The summed E-state index contributed by atoms with van der Waals surface area (Å²) in [7, 11) is 0. The first kappa shape index (κ1) is 17.8. The number of amides is 1. The second-order valence-electron chi connectivity index (χ2n) is 7.83. The van der Waals surface area contributed by atoms with E-state index < -0.39 is 0 Å². The van der Waals surface area contributed by atoms with Crippen LogP contribution in [0.5, 0.6) is 0 Å². The number of carbonyl (C=O) groups is 1. The monoisotopic (exact) mass is 384 g/mol. The number of benzene rings is 2. The highest BCUT2D eigenvalue weighted by molar-refractivity contribution is 5.97. The van der Waals surface area contributed by atoms with Crippen molar-refractivity contribution in [3.05, 3.63) is 94.9 Å². The van der Waals surface area contributed by atoms with E-state index in [1.807, 2.05) is 24.3 Å². The van der Waals surface area contributed by atoms with Crippen LogP contribution in [0, 0.1) is 6.92 Å². The number of rotatable bonds is 4. The molecular weight excluding hydrogens is 360 g/mol. The van der Waals surface area contributed by atoms with E-state index in [0.717, 1.165) is 30.4 Å². The molecule has 2 heterocycles. The van der Waals surface area contributed by atoms with Crippen LogP contribution in [0.3, 0.4) is 0 Å². The van der Waals surface area contributed by atoms with Crippen molar-refractivity contribution < 1.29 is 9.21 Å². The van der Waals surface area contributed by atoms with Gasteiger partial charge in [-0.15, -0.1) is 0 Å². The van der Waals surface area contributed by atoms with Crippen LogP contribution in [0.15, 0.2) is 71.3 Å². The van der Waals surface area contributed by atoms with Gasteiger partial charge in [-0.05, 0) is 48.4 Å². The number of aryl methyl sites for hydroxylation is 2. The summed E-state index contributed by atoms with van der Waals surface area (Å²) in [5.41, 5.74) is 7.33. The zero-order valence-electron chi connectivity index (χ0n) is 16.5. The van der Waals surface area contributed by atoms with E-state index in [9.17, 15) is 4.79 Å². The molecule has 4 heteroatoms. The average Bonchev–Trinajstić information content (AvgIpc) is 3.32. The third-order valence-electron chi connectivity index (χ3n) is 6.02. The largest absolute Gasteiger partial charge is 0.463 e. The average molecular weight is 384 g/mol. The van der Waals surface area contributed by atoms with E-state index in [4.69, 9.17) is 4.42 Å². The van der Waals surface area contributed by atoms with Crippen molar-refractivity contribution in [3.63, 3.8) is 0 Å². The number of furan rings is 1. The molecule has 0 spiro atoms. The Morgan fingerprint density at radius 1 is 1.14 bits per heavy atom. The minimum atomic E-state index is -0.0494. The lowest BCUT2D eigenvalue weighted by molar-refractivity contribution is 0.0924. The van der Waals surface area contributed by atoms with Crippen LogP contribution in [0.25, 0.3) is 11.1 Å². The summed E-state index contributed by atoms with van der Waals surface area (Å²) >= 11 is 0. The summed E-state index contributed by atoms with van der Waals surface area (Å²) < 4.78 is 7.66. The van der Waals surface area contributed by atoms with Gasteiger partial charge < -0.3 is 14.3 Å². The molecular formula is C25H24N2O2. The highest BCUT2D eigenvalue weighted by Gasteiger charge is 2.24. The Morgan fingerprint density at radius 2 is 1.97 bits per heavy atom. The molecule has 1 aliphatic rings. The van der Waals surface area contributed by atoms with Gasteiger partial charge in [0.25, 0.3) is 5.91 Å². The molecule has 1 amide bonds. The molecule has 2 aromatic carbocycles. The molecule has 4 aromatic rings. The maximum atomic E-state index is 13.3. The summed E-state index contributed by atoms with van der Waals surface area (Å²) in [6.45, 7) is 2.74. The van der Waals surface area contributed by atoms with Crippen LogP contribution in [0.4, 0.5) is 0 Å². The van der Waals surface area contributed by atoms with E-state index in [0.29, 0.717) is 12.2 Å². The molecule has 146 valence electrons. The first-order valence-corrected chi connectivity index (χ1v) is 10.2. The standard InChI is InChI=1S/C25H24N2O2/c1-17-7-2-3-9-19(17)16-27-22-13-14-29-24(22)15-23(27)25(28)26-21-12-6-10-18-8-4-5-11-20(18)21/h2-5,7-9,11,13-15,21H,6,10,12,16H2,1H3,(H,26,28). The van der Waals surface area contributed by atoms with Crippen molar-refractivity contribution in [1.82, 2.24) is 9.88 Å². The Morgan fingerprint density at radius 3 is 2.86 bits per heavy atom. The van der Waals surface area contributed by atoms with Crippen molar-refractivity contribution >= 4 is 17.0 Å². The Bertz CT molecular complexity index is 1180. The van der Waals surface area contributed by atoms with Gasteiger partial charge in [0.05, 0.1) is 17.8 Å². The SMILES string of the molecule is Cc1ccccc1Cn1c(C(=O)NC2CCCc3ccccc32)cc2occc21. The summed E-state index contributed by atoms with van der Waals surface area (Å²) in [5, 5.41) is 3.28. The van der Waals surface area contributed by atoms with E-state index in [1.165, 1.54) is 22.3 Å². The van der Waals surface area contributed by atoms with Gasteiger partial charge in [0, 0.05) is 18.7 Å². The maximum Gasteiger partial charge on any atom is 0.268 e. The fourth-order valence-corrected chi connectivity index (χ4v) is 4.43. The van der Waals surface area contributed by atoms with Gasteiger partial charge in [-0.3, -0.25) is 4.79 Å². The molecule has 0 saturated heterocycles. The van der Waals surface area contributed by atoms with Crippen molar-refractivity contribution in [3.8, 4) is 0 Å². The van der Waals surface area contributed by atoms with Crippen LogP contribution in [-0.4, -0.2) is 10.5 Å². The number of hydrogen-bond acceptors (Lipinski definition) is 2. The van der Waals surface area contributed by atoms with E-state index in [1.54, 1.807) is 6.26 Å². The van der Waals surface area contributed by atoms with E-state index in [2.05, 4.69) is 53.2 Å². The minimum absolute atomic E-state index is 0.0494. The molecule has 0 fully saturated rings. The lowest BCUT2D eigenvalue weighted by Crippen LogP contribution is -2.32. The minimum Gasteiger partial charge on any atom is -0.463 e. The van der Waals surface area contributed by atoms with Crippen LogP contribution in [-0.2, 0) is 13.0 Å². The first-order chi connectivity index (χ1) is 14.2. The molecule has 1 unspecified atom stereocenters. The van der Waals surface area contributed by atoms with Gasteiger partial charge >= 0.3 is 0 Å². The van der Waals surface area contributed by atoms with Gasteiger partial charge in [-0.25, -0.2) is 0 Å². The molecule has 0 radical (unpaired) electrons.